The molecule has 1 saturated heterocycles. The number of amides is 1. The third-order valence-electron chi connectivity index (χ3n) is 9.04. The number of hydrogen-bond donors (Lipinski definition) is 2. The molecule has 4 aromatic rings. The number of hydrogen-bond acceptors (Lipinski definition) is 5. The van der Waals surface area contributed by atoms with Gasteiger partial charge in [-0.2, -0.15) is 0 Å². The van der Waals surface area contributed by atoms with Crippen LogP contribution in [0.5, 0.6) is 5.75 Å². The Bertz CT molecular complexity index is 1650. The van der Waals surface area contributed by atoms with E-state index in [4.69, 9.17) is 9.72 Å². The molecule has 0 spiro atoms. The quantitative estimate of drug-likeness (QED) is 0.115. The van der Waals surface area contributed by atoms with Crippen molar-refractivity contribution in [1.29, 1.82) is 0 Å². The van der Waals surface area contributed by atoms with Crippen LogP contribution >= 0.6 is 19.8 Å². The van der Waals surface area contributed by atoms with E-state index in [1.165, 1.54) is 63.5 Å². The molecule has 2 aromatic carbocycles. The number of carbonyl (C=O) groups excluding carboxylic acids is 1. The van der Waals surface area contributed by atoms with Gasteiger partial charge in [0.1, 0.15) is 0 Å². The van der Waals surface area contributed by atoms with E-state index in [0.717, 1.165) is 34.3 Å². The van der Waals surface area contributed by atoms with Crippen molar-refractivity contribution >= 4 is 54.0 Å². The molecule has 1 amide bonds. The third kappa shape index (κ3) is 4.60. The third-order valence-corrected chi connectivity index (χ3v) is 16.5. The van der Waals surface area contributed by atoms with Crippen LogP contribution in [0.2, 0.25) is 0 Å². The number of alkyl halides is 2. The summed E-state index contributed by atoms with van der Waals surface area (Å²) in [4.78, 5) is 22.0. The number of anilines is 3. The van der Waals surface area contributed by atoms with Gasteiger partial charge in [-0.05, 0) is 25.2 Å². The predicted octanol–water partition coefficient (Wildman–Crippen LogP) is 7.73. The SMILES string of the molecule is C=CC(=O)Nc1cc(Nc2nccc(-c3cn(C45CC(C4)C5)c4ccccc34)n2)c(OC)cc1I1CCCCC1C. The summed E-state index contributed by atoms with van der Waals surface area (Å²) in [5, 5.41) is 7.71. The molecule has 8 heteroatoms. The van der Waals surface area contributed by atoms with Gasteiger partial charge in [0.25, 0.3) is 0 Å². The van der Waals surface area contributed by atoms with Crippen LogP contribution in [0.1, 0.15) is 45.4 Å². The normalized spacial score (nSPS) is 23.8. The van der Waals surface area contributed by atoms with E-state index in [0.29, 0.717) is 9.87 Å². The Morgan fingerprint density at radius 2 is 2.00 bits per heavy atom. The average molecular weight is 662 g/mol. The van der Waals surface area contributed by atoms with Crippen LogP contribution in [0.4, 0.5) is 17.3 Å². The number of fused-ring (bicyclic) bond motifs is 1. The molecular formula is C33H36IN5O2. The van der Waals surface area contributed by atoms with E-state index >= 15 is 0 Å². The second kappa shape index (κ2) is 10.5. The molecular weight excluding hydrogens is 625 g/mol. The van der Waals surface area contributed by atoms with Crippen LogP contribution < -0.4 is 15.4 Å². The number of benzene rings is 2. The Morgan fingerprint density at radius 1 is 1.17 bits per heavy atom. The van der Waals surface area contributed by atoms with Gasteiger partial charge in [-0.25, -0.2) is 0 Å². The summed E-state index contributed by atoms with van der Waals surface area (Å²) in [6, 6.07) is 14.7. The number of para-hydroxylation sites is 1. The number of aromatic nitrogens is 3. The Hall–Kier alpha value is -3.40. The second-order valence-electron chi connectivity index (χ2n) is 11.6. The van der Waals surface area contributed by atoms with Gasteiger partial charge in [0.05, 0.1) is 0 Å². The molecule has 3 saturated carbocycles. The van der Waals surface area contributed by atoms with Gasteiger partial charge in [-0.3, -0.25) is 0 Å². The van der Waals surface area contributed by atoms with Crippen LogP contribution in [-0.4, -0.2) is 35.9 Å². The van der Waals surface area contributed by atoms with E-state index < -0.39 is 19.8 Å². The molecule has 2 bridgehead atoms. The van der Waals surface area contributed by atoms with Gasteiger partial charge in [0.15, 0.2) is 0 Å². The zero-order valence-corrected chi connectivity index (χ0v) is 25.8. The summed E-state index contributed by atoms with van der Waals surface area (Å²) in [6.45, 7) is 6.03. The number of nitrogens with zero attached hydrogens (tertiary/aromatic N) is 3. The molecule has 1 aliphatic heterocycles. The van der Waals surface area contributed by atoms with Gasteiger partial charge in [-0.1, -0.05) is 6.07 Å². The maximum absolute atomic E-state index is 12.4. The standard InChI is InChI=1S/C33H36IN5O2/c1-4-31(40)36-27-16-28(30(41-3)15-25(27)34-13-8-7-9-21(34)2)38-32-35-14-12-26(37-32)24-20-39(33-17-22(18-33)19-33)29-11-6-5-10-23(24)29/h4-6,10-12,14-16,20-22H,1,7-9,13,17-19H2,2-3H3,(H,36,40)(H,35,37,38). The van der Waals surface area contributed by atoms with Crippen LogP contribution in [0.25, 0.3) is 22.2 Å². The van der Waals surface area contributed by atoms with Crippen molar-refractivity contribution < 1.29 is 9.53 Å². The van der Waals surface area contributed by atoms with Crippen LogP contribution in [-0.2, 0) is 10.3 Å². The first-order valence-electron chi connectivity index (χ1n) is 14.5. The molecule has 1 unspecified atom stereocenters. The fraction of sp³-hybridized carbons (Fsp3) is 0.364. The van der Waals surface area contributed by atoms with Gasteiger partial charge in [0, 0.05) is 0 Å². The molecule has 4 aliphatic rings. The molecule has 2 aromatic heterocycles. The monoisotopic (exact) mass is 661 g/mol. The number of carbonyl (C=O) groups is 1. The van der Waals surface area contributed by atoms with Crippen molar-refractivity contribution in [3.63, 3.8) is 0 Å². The molecule has 4 fully saturated rings. The summed E-state index contributed by atoms with van der Waals surface area (Å²) in [5.41, 5.74) is 5.13. The van der Waals surface area contributed by atoms with E-state index in [-0.39, 0.29) is 11.4 Å². The Kier molecular flexibility index (Phi) is 6.76. The number of methoxy groups -OCH3 is 1. The number of nitrogens with one attached hydrogen (secondary N) is 2. The summed E-state index contributed by atoms with van der Waals surface area (Å²) in [5.74, 6) is 1.92. The molecule has 1 atom stereocenters. The first kappa shape index (κ1) is 26.5. The molecule has 2 N–H and O–H groups in total. The second-order valence-corrected chi connectivity index (χ2v) is 18.2. The molecule has 3 aliphatic carbocycles. The summed E-state index contributed by atoms with van der Waals surface area (Å²) in [6.07, 6.45) is 13.1. The fourth-order valence-electron chi connectivity index (χ4n) is 6.78. The van der Waals surface area contributed by atoms with Crippen molar-refractivity contribution in [1.82, 2.24) is 14.5 Å². The van der Waals surface area contributed by atoms with E-state index in [1.807, 2.05) is 12.1 Å². The fourth-order valence-corrected chi connectivity index (χ4v) is 13.8. The van der Waals surface area contributed by atoms with Crippen molar-refractivity contribution in [2.75, 3.05) is 22.2 Å². The first-order chi connectivity index (χ1) is 20.0. The molecule has 41 heavy (non-hydrogen) atoms. The zero-order valence-electron chi connectivity index (χ0n) is 23.6. The van der Waals surface area contributed by atoms with E-state index in [2.05, 4.69) is 70.2 Å². The topological polar surface area (TPSA) is 81.1 Å². The van der Waals surface area contributed by atoms with Crippen molar-refractivity contribution in [2.45, 2.75) is 54.9 Å². The predicted molar refractivity (Wildman–Crippen MR) is 174 cm³/mol. The van der Waals surface area contributed by atoms with E-state index in [1.54, 1.807) is 13.3 Å². The van der Waals surface area contributed by atoms with Gasteiger partial charge in [0.2, 0.25) is 0 Å². The molecule has 8 rings (SSSR count). The minimum absolute atomic E-state index is 0.207. The van der Waals surface area contributed by atoms with Crippen molar-refractivity contribution in [2.24, 2.45) is 5.92 Å². The summed E-state index contributed by atoms with van der Waals surface area (Å²) in [7, 11) is 1.69. The van der Waals surface area contributed by atoms with Crippen LogP contribution in [0.3, 0.4) is 0 Å². The number of rotatable bonds is 8. The number of ether oxygens (including phenoxy) is 1. The Labute approximate surface area is 248 Å². The van der Waals surface area contributed by atoms with Crippen molar-refractivity contribution in [3.05, 3.63) is 71.1 Å². The van der Waals surface area contributed by atoms with Gasteiger partial charge in [-0.15, -0.1) is 0 Å². The van der Waals surface area contributed by atoms with Crippen LogP contribution in [0.15, 0.2) is 67.5 Å². The first-order valence-corrected chi connectivity index (χ1v) is 18.3. The van der Waals surface area contributed by atoms with Gasteiger partial charge < -0.3 is 0 Å². The minimum atomic E-state index is -1.52. The summed E-state index contributed by atoms with van der Waals surface area (Å²) < 4.78 is 11.6. The average Bonchev–Trinajstić information content (AvgIpc) is 3.31. The molecule has 0 radical (unpaired) electrons. The van der Waals surface area contributed by atoms with Crippen LogP contribution in [0, 0.1) is 9.49 Å². The molecule has 212 valence electrons. The van der Waals surface area contributed by atoms with E-state index in [9.17, 15) is 4.79 Å². The zero-order chi connectivity index (χ0) is 28.1. The maximum atomic E-state index is 12.4. The van der Waals surface area contributed by atoms with Gasteiger partial charge >= 0.3 is 218 Å². The Morgan fingerprint density at radius 3 is 2.73 bits per heavy atom. The summed E-state index contributed by atoms with van der Waals surface area (Å²) >= 11 is -1.52. The molecule has 7 nitrogen and oxygen atoms in total. The number of halogens is 1. The van der Waals surface area contributed by atoms with Crippen molar-refractivity contribution in [3.8, 4) is 17.0 Å². The Balaban J connectivity index is 1.25. The molecule has 3 heterocycles.